The monoisotopic (exact) mass is 486 g/mol. The molecule has 2 aliphatic rings. The first-order valence-electron chi connectivity index (χ1n) is 11.5. The minimum absolute atomic E-state index is 0.0373. The van der Waals surface area contributed by atoms with E-state index in [0.29, 0.717) is 47.3 Å². The molecule has 10 heteroatoms. The molecule has 0 amide bonds. The molecule has 1 aliphatic heterocycles. The number of nitrogens with zero attached hydrogens (tertiary/aromatic N) is 3. The summed E-state index contributed by atoms with van der Waals surface area (Å²) in [6.45, 7) is 3.33. The van der Waals surface area contributed by atoms with Crippen molar-refractivity contribution >= 4 is 28.5 Å². The Hall–Kier alpha value is -3.56. The van der Waals surface area contributed by atoms with E-state index in [1.54, 1.807) is 43.0 Å². The molecule has 3 unspecified atom stereocenters. The van der Waals surface area contributed by atoms with E-state index in [9.17, 15) is 27.9 Å². The second kappa shape index (κ2) is 8.28. The maximum Gasteiger partial charge on any atom is 0.406 e. The lowest BCUT2D eigenvalue weighted by atomic mass is 10.0. The smallest absolute Gasteiger partial charge is 0.406 e. The van der Waals surface area contributed by atoms with Crippen LogP contribution in [0.1, 0.15) is 40.9 Å². The van der Waals surface area contributed by atoms with E-state index in [1.165, 1.54) is 6.07 Å². The van der Waals surface area contributed by atoms with E-state index in [0.717, 1.165) is 11.0 Å². The molecule has 2 heterocycles. The molecule has 35 heavy (non-hydrogen) atoms. The molecule has 1 saturated carbocycles. The maximum atomic E-state index is 13.4. The van der Waals surface area contributed by atoms with Gasteiger partial charge in [0, 0.05) is 24.3 Å². The van der Waals surface area contributed by atoms with Crippen molar-refractivity contribution in [2.45, 2.75) is 39.0 Å². The molecule has 3 aromatic rings. The SMILES string of the molecule is Cc1cc(C(C)Nc2ccccc2C(=O)O)c2nc(N3CC4CC4C3)n(CC(F)(F)F)c(=O)c2c1. The number of rotatable bonds is 6. The van der Waals surface area contributed by atoms with Gasteiger partial charge in [-0.3, -0.25) is 9.36 Å². The summed E-state index contributed by atoms with van der Waals surface area (Å²) < 4.78 is 41.1. The van der Waals surface area contributed by atoms with Gasteiger partial charge in [-0.25, -0.2) is 9.78 Å². The number of halogens is 3. The predicted molar refractivity (Wildman–Crippen MR) is 126 cm³/mol. The fraction of sp³-hybridized carbons (Fsp3) is 0.400. The van der Waals surface area contributed by atoms with Crippen LogP contribution >= 0.6 is 0 Å². The van der Waals surface area contributed by atoms with Crippen molar-refractivity contribution in [3.8, 4) is 0 Å². The Morgan fingerprint density at radius 1 is 1.23 bits per heavy atom. The number of carbonyl (C=O) groups is 1. The number of aromatic nitrogens is 2. The average molecular weight is 486 g/mol. The molecule has 0 spiro atoms. The van der Waals surface area contributed by atoms with Gasteiger partial charge in [-0.05, 0) is 55.9 Å². The molecule has 184 valence electrons. The highest BCUT2D eigenvalue weighted by Crippen LogP contribution is 2.46. The first kappa shape index (κ1) is 23.2. The minimum atomic E-state index is -4.57. The van der Waals surface area contributed by atoms with Gasteiger partial charge in [0.05, 0.1) is 22.5 Å². The first-order valence-corrected chi connectivity index (χ1v) is 11.5. The molecular formula is C25H25F3N4O3. The lowest BCUT2D eigenvalue weighted by molar-refractivity contribution is -0.141. The number of aromatic carboxylic acids is 1. The third-order valence-corrected chi connectivity index (χ3v) is 6.81. The van der Waals surface area contributed by atoms with Gasteiger partial charge < -0.3 is 15.3 Å². The van der Waals surface area contributed by atoms with E-state index in [1.807, 2.05) is 6.07 Å². The second-order valence-electron chi connectivity index (χ2n) is 9.55. The van der Waals surface area contributed by atoms with Crippen LogP contribution < -0.4 is 15.8 Å². The number of piperidine rings is 1. The van der Waals surface area contributed by atoms with Crippen molar-refractivity contribution < 1.29 is 23.1 Å². The highest BCUT2D eigenvalue weighted by molar-refractivity contribution is 5.94. The molecule has 0 radical (unpaired) electrons. The van der Waals surface area contributed by atoms with Gasteiger partial charge in [-0.2, -0.15) is 13.2 Å². The Morgan fingerprint density at radius 2 is 1.91 bits per heavy atom. The van der Waals surface area contributed by atoms with Gasteiger partial charge in [0.2, 0.25) is 5.95 Å². The van der Waals surface area contributed by atoms with Crippen molar-refractivity contribution in [1.82, 2.24) is 9.55 Å². The topological polar surface area (TPSA) is 87.5 Å². The number of hydrogen-bond acceptors (Lipinski definition) is 5. The zero-order valence-electron chi connectivity index (χ0n) is 19.3. The lowest BCUT2D eigenvalue weighted by Gasteiger charge is -2.25. The summed E-state index contributed by atoms with van der Waals surface area (Å²) in [6, 6.07) is 9.38. The van der Waals surface area contributed by atoms with Crippen LogP contribution in [-0.2, 0) is 6.54 Å². The molecular weight excluding hydrogens is 461 g/mol. The van der Waals surface area contributed by atoms with Gasteiger partial charge in [-0.1, -0.05) is 18.2 Å². The number of alkyl halides is 3. The molecule has 3 atom stereocenters. The first-order chi connectivity index (χ1) is 16.5. The second-order valence-corrected chi connectivity index (χ2v) is 9.55. The summed E-state index contributed by atoms with van der Waals surface area (Å²) in [7, 11) is 0. The Labute approximate surface area is 199 Å². The van der Waals surface area contributed by atoms with Crippen LogP contribution in [0.3, 0.4) is 0 Å². The van der Waals surface area contributed by atoms with Gasteiger partial charge in [0.15, 0.2) is 0 Å². The summed E-state index contributed by atoms with van der Waals surface area (Å²) in [5.41, 5.74) is 1.39. The van der Waals surface area contributed by atoms with Gasteiger partial charge in [0.25, 0.3) is 5.56 Å². The molecule has 1 aromatic heterocycles. The minimum Gasteiger partial charge on any atom is -0.478 e. The summed E-state index contributed by atoms with van der Waals surface area (Å²) in [5, 5.41) is 12.8. The number of para-hydroxylation sites is 1. The van der Waals surface area contributed by atoms with Crippen molar-refractivity contribution in [3.05, 3.63) is 63.4 Å². The van der Waals surface area contributed by atoms with Crippen molar-refractivity contribution in [3.63, 3.8) is 0 Å². The molecule has 2 aromatic carbocycles. The Kier molecular flexibility index (Phi) is 5.49. The maximum absolute atomic E-state index is 13.4. The molecule has 7 nitrogen and oxygen atoms in total. The van der Waals surface area contributed by atoms with Gasteiger partial charge in [0.1, 0.15) is 6.54 Å². The average Bonchev–Trinajstić information content (AvgIpc) is 3.39. The molecule has 0 bridgehead atoms. The van der Waals surface area contributed by atoms with E-state index >= 15 is 0 Å². The van der Waals surface area contributed by atoms with E-state index in [4.69, 9.17) is 0 Å². The fourth-order valence-electron chi connectivity index (χ4n) is 5.05. The number of carboxylic acids is 1. The fourth-order valence-corrected chi connectivity index (χ4v) is 5.05. The summed E-state index contributed by atoms with van der Waals surface area (Å²) in [6.07, 6.45) is -3.51. The third kappa shape index (κ3) is 4.44. The predicted octanol–water partition coefficient (Wildman–Crippen LogP) is 4.59. The third-order valence-electron chi connectivity index (χ3n) is 6.81. The summed E-state index contributed by atoms with van der Waals surface area (Å²) in [4.78, 5) is 31.5. The Morgan fingerprint density at radius 3 is 2.57 bits per heavy atom. The molecule has 1 aliphatic carbocycles. The van der Waals surface area contributed by atoms with E-state index in [2.05, 4.69) is 10.3 Å². The highest BCUT2D eigenvalue weighted by Gasteiger charge is 2.46. The quantitative estimate of drug-likeness (QED) is 0.530. The number of anilines is 2. The number of carboxylic acid groups (broad SMARTS) is 1. The number of nitrogens with one attached hydrogen (secondary N) is 1. The lowest BCUT2D eigenvalue weighted by Crippen LogP contribution is -2.36. The normalized spacial score (nSPS) is 20.1. The molecule has 5 rings (SSSR count). The standard InChI is InChI=1S/C25H25F3N4O3/c1-13-7-18(14(2)29-20-6-4-3-5-17(20)23(34)35)21-19(8-13)22(33)32(12-25(26,27)28)24(30-21)31-10-15-9-16(15)11-31/h3-8,14-16,29H,9-12H2,1-2H3,(H,34,35). The van der Waals surface area contributed by atoms with Crippen molar-refractivity contribution in [2.24, 2.45) is 11.8 Å². The summed E-state index contributed by atoms with van der Waals surface area (Å²) >= 11 is 0. The van der Waals surface area contributed by atoms with E-state index < -0.39 is 30.3 Å². The van der Waals surface area contributed by atoms with Crippen molar-refractivity contribution in [2.75, 3.05) is 23.3 Å². The van der Waals surface area contributed by atoms with Crippen LogP contribution in [0, 0.1) is 18.8 Å². The molecule has 2 fully saturated rings. The molecule has 1 saturated heterocycles. The van der Waals surface area contributed by atoms with Crippen LogP contribution in [0.5, 0.6) is 0 Å². The van der Waals surface area contributed by atoms with Crippen LogP contribution in [0.15, 0.2) is 41.2 Å². The largest absolute Gasteiger partial charge is 0.478 e. The van der Waals surface area contributed by atoms with Crippen LogP contribution in [0.2, 0.25) is 0 Å². The van der Waals surface area contributed by atoms with Crippen LogP contribution in [-0.4, -0.2) is 39.9 Å². The number of aryl methyl sites for hydroxylation is 1. The summed E-state index contributed by atoms with van der Waals surface area (Å²) in [5.74, 6) is -0.173. The molecule has 2 N–H and O–H groups in total. The van der Waals surface area contributed by atoms with Crippen LogP contribution in [0.25, 0.3) is 10.9 Å². The number of hydrogen-bond donors (Lipinski definition) is 2. The van der Waals surface area contributed by atoms with E-state index in [-0.39, 0.29) is 16.9 Å². The van der Waals surface area contributed by atoms with Crippen LogP contribution in [0.4, 0.5) is 24.8 Å². The zero-order chi connectivity index (χ0) is 25.1. The number of fused-ring (bicyclic) bond motifs is 2. The zero-order valence-corrected chi connectivity index (χ0v) is 19.3. The Balaban J connectivity index is 1.64. The van der Waals surface area contributed by atoms with Gasteiger partial charge in [-0.15, -0.1) is 0 Å². The highest BCUT2D eigenvalue weighted by atomic mass is 19.4. The van der Waals surface area contributed by atoms with Gasteiger partial charge >= 0.3 is 12.1 Å². The number of benzene rings is 2. The Bertz CT molecular complexity index is 1370. The van der Waals surface area contributed by atoms with Crippen molar-refractivity contribution in [1.29, 1.82) is 0 Å².